The molecule has 7 nitrogen and oxygen atoms in total. The molecule has 1 fully saturated rings. The molecule has 10 heteroatoms. The molecule has 0 bridgehead atoms. The zero-order valence-corrected chi connectivity index (χ0v) is 21.2. The number of para-hydroxylation sites is 1. The molecule has 0 aliphatic carbocycles. The van der Waals surface area contributed by atoms with Crippen molar-refractivity contribution in [3.05, 3.63) is 53.6 Å². The van der Waals surface area contributed by atoms with Gasteiger partial charge in [0.05, 0.1) is 17.0 Å². The number of benzene rings is 2. The van der Waals surface area contributed by atoms with E-state index in [0.717, 1.165) is 74.9 Å². The number of likely N-dealkylation sites (N-methyl/N-ethyl adjacent to an activating group) is 1. The van der Waals surface area contributed by atoms with Gasteiger partial charge in [0.2, 0.25) is 0 Å². The minimum atomic E-state index is -4.36. The van der Waals surface area contributed by atoms with Crippen LogP contribution >= 0.6 is 0 Å². The van der Waals surface area contributed by atoms with Gasteiger partial charge in [-0.25, -0.2) is 0 Å². The number of fused-ring (bicyclic) bond motifs is 1. The van der Waals surface area contributed by atoms with Crippen LogP contribution < -0.4 is 19.7 Å². The SMILES string of the molecule is CNCCO/N=C(\CCCCN1CCN(c2cccc3c2OCCO3)CC1)c1ccc(C(F)(F)F)cc1. The van der Waals surface area contributed by atoms with Crippen LogP contribution in [0.15, 0.2) is 47.6 Å². The van der Waals surface area contributed by atoms with Crippen LogP contribution in [-0.2, 0) is 11.0 Å². The van der Waals surface area contributed by atoms with Crippen molar-refractivity contribution in [1.82, 2.24) is 10.2 Å². The molecule has 2 aromatic carbocycles. The molecule has 0 atom stereocenters. The van der Waals surface area contributed by atoms with Gasteiger partial charge >= 0.3 is 6.18 Å². The monoisotopic (exact) mass is 520 g/mol. The summed E-state index contributed by atoms with van der Waals surface area (Å²) in [6.45, 7) is 6.89. The van der Waals surface area contributed by atoms with Gasteiger partial charge in [-0.05, 0) is 62.7 Å². The second-order valence-corrected chi connectivity index (χ2v) is 9.14. The average Bonchev–Trinajstić information content (AvgIpc) is 2.92. The summed E-state index contributed by atoms with van der Waals surface area (Å²) in [5.41, 5.74) is 1.75. The number of rotatable bonds is 11. The smallest absolute Gasteiger partial charge is 0.416 e. The van der Waals surface area contributed by atoms with Gasteiger partial charge in [0, 0.05) is 32.7 Å². The van der Waals surface area contributed by atoms with Gasteiger partial charge < -0.3 is 24.5 Å². The number of hydrogen-bond acceptors (Lipinski definition) is 7. The third-order valence-corrected chi connectivity index (χ3v) is 6.56. The van der Waals surface area contributed by atoms with Gasteiger partial charge in [-0.3, -0.25) is 4.90 Å². The number of unbranched alkanes of at least 4 members (excludes halogenated alkanes) is 1. The first kappa shape index (κ1) is 27.1. The number of nitrogens with zero attached hydrogens (tertiary/aromatic N) is 3. The highest BCUT2D eigenvalue weighted by Crippen LogP contribution is 2.39. The van der Waals surface area contributed by atoms with Crippen LogP contribution in [0.25, 0.3) is 0 Å². The Hall–Kier alpha value is -2.98. The van der Waals surface area contributed by atoms with E-state index in [0.29, 0.717) is 44.1 Å². The molecule has 1 N–H and O–H groups in total. The van der Waals surface area contributed by atoms with E-state index in [2.05, 4.69) is 26.3 Å². The molecule has 2 aliphatic heterocycles. The van der Waals surface area contributed by atoms with Crippen LogP contribution in [0.5, 0.6) is 11.5 Å². The molecule has 0 unspecified atom stereocenters. The van der Waals surface area contributed by atoms with E-state index >= 15 is 0 Å². The van der Waals surface area contributed by atoms with Crippen molar-refractivity contribution in [2.75, 3.05) is 71.0 Å². The van der Waals surface area contributed by atoms with Gasteiger partial charge in [-0.1, -0.05) is 23.4 Å². The predicted octanol–water partition coefficient (Wildman–Crippen LogP) is 4.41. The van der Waals surface area contributed by atoms with Crippen molar-refractivity contribution in [2.24, 2.45) is 5.16 Å². The molecule has 2 aromatic rings. The van der Waals surface area contributed by atoms with Crippen molar-refractivity contribution in [3.8, 4) is 11.5 Å². The second-order valence-electron chi connectivity index (χ2n) is 9.14. The zero-order valence-electron chi connectivity index (χ0n) is 21.2. The minimum absolute atomic E-state index is 0.396. The lowest BCUT2D eigenvalue weighted by molar-refractivity contribution is -0.137. The Kier molecular flexibility index (Phi) is 9.51. The topological polar surface area (TPSA) is 58.6 Å². The molecule has 202 valence electrons. The summed E-state index contributed by atoms with van der Waals surface area (Å²) >= 11 is 0. The van der Waals surface area contributed by atoms with Gasteiger partial charge in [-0.2, -0.15) is 13.2 Å². The van der Waals surface area contributed by atoms with Gasteiger partial charge in [0.25, 0.3) is 0 Å². The van der Waals surface area contributed by atoms with E-state index in [1.807, 2.05) is 19.2 Å². The summed E-state index contributed by atoms with van der Waals surface area (Å²) in [6, 6.07) is 11.2. The van der Waals surface area contributed by atoms with Crippen LogP contribution in [0.1, 0.15) is 30.4 Å². The molecule has 4 rings (SSSR count). The molecule has 2 aliphatic rings. The molecule has 0 spiro atoms. The summed E-state index contributed by atoms with van der Waals surface area (Å²) in [5, 5.41) is 7.22. The minimum Gasteiger partial charge on any atom is -0.486 e. The molecular weight excluding hydrogens is 485 g/mol. The lowest BCUT2D eigenvalue weighted by Crippen LogP contribution is -2.46. The Labute approximate surface area is 216 Å². The normalized spacial score (nSPS) is 16.6. The lowest BCUT2D eigenvalue weighted by Gasteiger charge is -2.37. The number of piperazine rings is 1. The number of anilines is 1. The highest BCUT2D eigenvalue weighted by Gasteiger charge is 2.30. The summed E-state index contributed by atoms with van der Waals surface area (Å²) < 4.78 is 50.4. The largest absolute Gasteiger partial charge is 0.486 e. The Balaban J connectivity index is 1.26. The lowest BCUT2D eigenvalue weighted by atomic mass is 10.0. The molecule has 2 heterocycles. The number of oxime groups is 1. The van der Waals surface area contributed by atoms with E-state index in [1.54, 1.807) is 0 Å². The van der Waals surface area contributed by atoms with Crippen molar-refractivity contribution in [2.45, 2.75) is 25.4 Å². The highest BCUT2D eigenvalue weighted by atomic mass is 19.4. The molecule has 37 heavy (non-hydrogen) atoms. The standard InChI is InChI=1S/C27H35F3N4O3/c1-31-12-18-37-32-23(21-8-10-22(11-9-21)27(28,29)30)5-2-3-13-33-14-16-34(17-15-33)24-6-4-7-25-26(24)36-20-19-35-25/h4,6-11,31H,2-3,5,12-20H2,1H3/b32-23+. The average molecular weight is 521 g/mol. The van der Waals surface area contributed by atoms with Gasteiger partial charge in [0.1, 0.15) is 19.8 Å². The van der Waals surface area contributed by atoms with Gasteiger partial charge in [0.15, 0.2) is 11.5 Å². The maximum absolute atomic E-state index is 12.9. The van der Waals surface area contributed by atoms with Crippen LogP contribution in [-0.4, -0.2) is 76.7 Å². The van der Waals surface area contributed by atoms with Crippen LogP contribution in [0.4, 0.5) is 18.9 Å². The summed E-state index contributed by atoms with van der Waals surface area (Å²) in [4.78, 5) is 10.2. The zero-order chi connectivity index (χ0) is 26.1. The quantitative estimate of drug-likeness (QED) is 0.269. The Morgan fingerprint density at radius 2 is 1.76 bits per heavy atom. The summed E-state index contributed by atoms with van der Waals surface area (Å²) in [7, 11) is 1.82. The fourth-order valence-electron chi connectivity index (χ4n) is 4.51. The molecule has 1 saturated heterocycles. The maximum atomic E-state index is 12.9. The number of halogens is 3. The van der Waals surface area contributed by atoms with Crippen LogP contribution in [0, 0.1) is 0 Å². The van der Waals surface area contributed by atoms with E-state index in [4.69, 9.17) is 14.3 Å². The van der Waals surface area contributed by atoms with Crippen molar-refractivity contribution >= 4 is 11.4 Å². The van der Waals surface area contributed by atoms with Gasteiger partial charge in [-0.15, -0.1) is 0 Å². The van der Waals surface area contributed by atoms with Crippen LogP contribution in [0.3, 0.4) is 0 Å². The van der Waals surface area contributed by atoms with E-state index < -0.39 is 11.7 Å². The Morgan fingerprint density at radius 1 is 1.00 bits per heavy atom. The van der Waals surface area contributed by atoms with Crippen molar-refractivity contribution in [3.63, 3.8) is 0 Å². The molecule has 0 saturated carbocycles. The molecule has 0 amide bonds. The molecule has 0 radical (unpaired) electrons. The second kappa shape index (κ2) is 13.0. The first-order valence-corrected chi connectivity index (χ1v) is 12.8. The van der Waals surface area contributed by atoms with Crippen molar-refractivity contribution in [1.29, 1.82) is 0 Å². The van der Waals surface area contributed by atoms with E-state index in [-0.39, 0.29) is 0 Å². The third kappa shape index (κ3) is 7.52. The molecular formula is C27H35F3N4O3. The predicted molar refractivity (Wildman–Crippen MR) is 138 cm³/mol. The van der Waals surface area contributed by atoms with E-state index in [1.165, 1.54) is 12.1 Å². The molecule has 0 aromatic heterocycles. The Morgan fingerprint density at radius 3 is 2.49 bits per heavy atom. The fraction of sp³-hybridized carbons (Fsp3) is 0.519. The number of alkyl halides is 3. The highest BCUT2D eigenvalue weighted by molar-refractivity contribution is 6.00. The third-order valence-electron chi connectivity index (χ3n) is 6.56. The number of ether oxygens (including phenoxy) is 2. The van der Waals surface area contributed by atoms with Crippen molar-refractivity contribution < 1.29 is 27.5 Å². The first-order chi connectivity index (χ1) is 18.0. The fourth-order valence-corrected chi connectivity index (χ4v) is 4.51. The van der Waals surface area contributed by atoms with E-state index in [9.17, 15) is 13.2 Å². The van der Waals surface area contributed by atoms with Crippen LogP contribution in [0.2, 0.25) is 0 Å². The number of hydrogen-bond donors (Lipinski definition) is 1. The summed E-state index contributed by atoms with van der Waals surface area (Å²) in [6.07, 6.45) is -1.89. The number of nitrogens with one attached hydrogen (secondary N) is 1. The Bertz CT molecular complexity index is 1020. The summed E-state index contributed by atoms with van der Waals surface area (Å²) in [5.74, 6) is 1.65. The first-order valence-electron chi connectivity index (χ1n) is 12.8. The maximum Gasteiger partial charge on any atom is 0.416 e.